The van der Waals surface area contributed by atoms with Crippen molar-refractivity contribution < 1.29 is 13.5 Å². The summed E-state index contributed by atoms with van der Waals surface area (Å²) >= 11 is 0. The van der Waals surface area contributed by atoms with E-state index < -0.39 is 6.61 Å². The Morgan fingerprint density at radius 3 is 2.58 bits per heavy atom. The highest BCUT2D eigenvalue weighted by Crippen LogP contribution is 2.40. The number of piperazine rings is 1. The number of aromatic nitrogens is 6. The van der Waals surface area contributed by atoms with Gasteiger partial charge in [0.1, 0.15) is 11.6 Å². The van der Waals surface area contributed by atoms with E-state index in [1.807, 2.05) is 42.6 Å². The highest BCUT2D eigenvalue weighted by molar-refractivity contribution is 5.92. The maximum Gasteiger partial charge on any atom is 0.388 e. The van der Waals surface area contributed by atoms with E-state index in [2.05, 4.69) is 41.1 Å². The molecular formula is C31H29F2N9O. The SMILES string of the molecule is FC(F)Oc1ccc(CN2C3CC2CN(c2ccc(-c4nc(Nc5cc(C6CC6)[nH]n5)c5ccccc5n4)cn2)C3)cn1. The molecule has 7 heterocycles. The lowest BCUT2D eigenvalue weighted by molar-refractivity contribution is -0.0529. The third kappa shape index (κ3) is 5.22. The smallest absolute Gasteiger partial charge is 0.388 e. The van der Waals surface area contributed by atoms with E-state index in [0.29, 0.717) is 29.6 Å². The number of ether oxygens (including phenoxy) is 1. The van der Waals surface area contributed by atoms with Crippen LogP contribution in [-0.2, 0) is 6.54 Å². The third-order valence-electron chi connectivity index (χ3n) is 8.51. The minimum absolute atomic E-state index is 0.0649. The van der Waals surface area contributed by atoms with Crippen LogP contribution in [0, 0.1) is 0 Å². The summed E-state index contributed by atoms with van der Waals surface area (Å²) in [4.78, 5) is 23.3. The van der Waals surface area contributed by atoms with Crippen LogP contribution in [0.5, 0.6) is 5.88 Å². The maximum atomic E-state index is 12.4. The van der Waals surface area contributed by atoms with Gasteiger partial charge in [-0.15, -0.1) is 0 Å². The number of piperidine rings is 1. The summed E-state index contributed by atoms with van der Waals surface area (Å²) in [6.45, 7) is -0.400. The molecule has 1 aliphatic carbocycles. The monoisotopic (exact) mass is 581 g/mol. The standard InChI is InChI=1S/C31H29F2N9O/c32-31(33)43-28-10-5-18(13-35-28)15-42-21-11-22(42)17-41(16-21)27-9-8-20(14-34-27)29-36-24-4-2-1-3-23(24)30(38-29)37-26-12-25(39-40-26)19-6-7-19/h1-5,8-10,12-14,19,21-22,31H,6-7,11,15-17H2,(H2,36,37,38,39,40). The van der Waals surface area contributed by atoms with Crippen LogP contribution in [-0.4, -0.2) is 66.8 Å². The summed E-state index contributed by atoms with van der Waals surface area (Å²) < 4.78 is 29.2. The van der Waals surface area contributed by atoms with Crippen molar-refractivity contribution in [2.75, 3.05) is 23.3 Å². The Labute approximate surface area is 246 Å². The lowest BCUT2D eigenvalue weighted by atomic mass is 9.87. The predicted molar refractivity (Wildman–Crippen MR) is 157 cm³/mol. The number of nitrogens with zero attached hydrogens (tertiary/aromatic N) is 7. The number of H-pyrrole nitrogens is 1. The normalized spacial score (nSPS) is 19.9. The second kappa shape index (κ2) is 10.5. The van der Waals surface area contributed by atoms with E-state index in [1.54, 1.807) is 12.3 Å². The first-order chi connectivity index (χ1) is 21.1. The summed E-state index contributed by atoms with van der Waals surface area (Å²) in [6.07, 6.45) is 7.00. The molecule has 0 radical (unpaired) electrons. The highest BCUT2D eigenvalue weighted by atomic mass is 19.3. The van der Waals surface area contributed by atoms with Gasteiger partial charge >= 0.3 is 6.61 Å². The minimum atomic E-state index is -2.87. The summed E-state index contributed by atoms with van der Waals surface area (Å²) in [5, 5.41) is 11.9. The van der Waals surface area contributed by atoms with Gasteiger partial charge in [-0.25, -0.2) is 19.9 Å². The summed E-state index contributed by atoms with van der Waals surface area (Å²) in [5.41, 5.74) is 3.83. The maximum absolute atomic E-state index is 12.4. The lowest BCUT2D eigenvalue weighted by Crippen LogP contribution is -2.68. The average Bonchev–Trinajstić information content (AvgIpc) is 3.78. The van der Waals surface area contributed by atoms with Crippen LogP contribution in [0.2, 0.25) is 0 Å². The summed E-state index contributed by atoms with van der Waals surface area (Å²) in [5.74, 6) is 3.51. The zero-order chi connectivity index (χ0) is 28.9. The van der Waals surface area contributed by atoms with Gasteiger partial charge in [0.05, 0.1) is 5.52 Å². The molecular weight excluding hydrogens is 552 g/mol. The fourth-order valence-electron chi connectivity index (χ4n) is 6.14. The van der Waals surface area contributed by atoms with Gasteiger partial charge in [0.25, 0.3) is 0 Å². The van der Waals surface area contributed by atoms with Crippen molar-refractivity contribution in [2.24, 2.45) is 0 Å². The van der Waals surface area contributed by atoms with Crippen molar-refractivity contribution in [1.29, 1.82) is 0 Å². The Bertz CT molecular complexity index is 1750. The van der Waals surface area contributed by atoms with Gasteiger partial charge in [-0.3, -0.25) is 10.00 Å². The fourth-order valence-corrected chi connectivity index (χ4v) is 6.14. The van der Waals surface area contributed by atoms with E-state index in [4.69, 9.17) is 15.0 Å². The molecule has 0 amide bonds. The van der Waals surface area contributed by atoms with Crippen molar-refractivity contribution >= 4 is 28.4 Å². The molecule has 1 aromatic carbocycles. The topological polar surface area (TPSA) is 108 Å². The number of halogens is 2. The Hall–Kier alpha value is -4.71. The van der Waals surface area contributed by atoms with Crippen molar-refractivity contribution in [2.45, 2.75) is 50.4 Å². The van der Waals surface area contributed by atoms with Crippen LogP contribution in [0.25, 0.3) is 22.3 Å². The summed E-state index contributed by atoms with van der Waals surface area (Å²) in [7, 11) is 0. The molecule has 2 unspecified atom stereocenters. The molecule has 12 heteroatoms. The average molecular weight is 582 g/mol. The molecule has 1 saturated carbocycles. The molecule has 10 nitrogen and oxygen atoms in total. The molecule has 4 fully saturated rings. The molecule has 4 aromatic heterocycles. The van der Waals surface area contributed by atoms with Gasteiger partial charge in [0.15, 0.2) is 11.6 Å². The van der Waals surface area contributed by atoms with Crippen molar-refractivity contribution in [1.82, 2.24) is 35.0 Å². The molecule has 9 rings (SSSR count). The third-order valence-corrected chi connectivity index (χ3v) is 8.51. The quantitative estimate of drug-likeness (QED) is 0.233. The number of hydrogen-bond acceptors (Lipinski definition) is 9. The molecule has 3 aliphatic heterocycles. The molecule has 43 heavy (non-hydrogen) atoms. The van der Waals surface area contributed by atoms with Crippen LogP contribution in [0.15, 0.2) is 67.0 Å². The Morgan fingerprint density at radius 1 is 0.977 bits per heavy atom. The van der Waals surface area contributed by atoms with Crippen molar-refractivity contribution in [3.63, 3.8) is 0 Å². The zero-order valence-electron chi connectivity index (χ0n) is 23.2. The van der Waals surface area contributed by atoms with Crippen LogP contribution in [0.4, 0.5) is 26.2 Å². The van der Waals surface area contributed by atoms with Crippen LogP contribution >= 0.6 is 0 Å². The molecule has 0 spiro atoms. The Morgan fingerprint density at radius 2 is 1.84 bits per heavy atom. The number of fused-ring (bicyclic) bond motifs is 3. The molecule has 2 atom stereocenters. The van der Waals surface area contributed by atoms with Gasteiger partial charge in [-0.05, 0) is 49.1 Å². The fraction of sp³-hybridized carbons (Fsp3) is 0.323. The van der Waals surface area contributed by atoms with Crippen LogP contribution in [0.3, 0.4) is 0 Å². The van der Waals surface area contributed by atoms with Crippen LogP contribution in [0.1, 0.15) is 36.4 Å². The number of anilines is 3. The van der Waals surface area contributed by atoms with Crippen molar-refractivity contribution in [3.8, 4) is 17.3 Å². The number of benzene rings is 1. The molecule has 218 valence electrons. The minimum Gasteiger partial charge on any atom is -0.417 e. The second-order valence-electron chi connectivity index (χ2n) is 11.4. The molecule has 4 aliphatic rings. The molecule has 3 saturated heterocycles. The van der Waals surface area contributed by atoms with E-state index in [9.17, 15) is 8.78 Å². The lowest BCUT2D eigenvalue weighted by Gasteiger charge is -2.56. The summed E-state index contributed by atoms with van der Waals surface area (Å²) in [6, 6.07) is 18.2. The molecule has 2 bridgehead atoms. The number of rotatable bonds is 9. The van der Waals surface area contributed by atoms with Gasteiger partial charge in [-0.1, -0.05) is 18.2 Å². The van der Waals surface area contributed by atoms with E-state index in [0.717, 1.165) is 65.4 Å². The van der Waals surface area contributed by atoms with Crippen molar-refractivity contribution in [3.05, 3.63) is 78.2 Å². The number of pyridine rings is 2. The van der Waals surface area contributed by atoms with Gasteiger partial charge < -0.3 is 15.0 Å². The number of aromatic amines is 1. The van der Waals surface area contributed by atoms with Gasteiger partial charge in [0.2, 0.25) is 5.88 Å². The van der Waals surface area contributed by atoms with E-state index in [-0.39, 0.29) is 5.88 Å². The van der Waals surface area contributed by atoms with Gasteiger partial charge in [0, 0.05) is 78.8 Å². The highest BCUT2D eigenvalue weighted by Gasteiger charge is 2.44. The van der Waals surface area contributed by atoms with Gasteiger partial charge in [-0.2, -0.15) is 13.9 Å². The first-order valence-electron chi connectivity index (χ1n) is 14.5. The van der Waals surface area contributed by atoms with E-state index in [1.165, 1.54) is 18.9 Å². The predicted octanol–water partition coefficient (Wildman–Crippen LogP) is 5.50. The van der Waals surface area contributed by atoms with Crippen LogP contribution < -0.4 is 15.0 Å². The molecule has 5 aromatic rings. The Balaban J connectivity index is 0.959. The first kappa shape index (κ1) is 26.0. The number of alkyl halides is 2. The number of nitrogens with one attached hydrogen (secondary N) is 2. The second-order valence-corrected chi connectivity index (χ2v) is 11.4. The number of para-hydroxylation sites is 1. The zero-order valence-corrected chi connectivity index (χ0v) is 23.2. The number of hydrogen-bond donors (Lipinski definition) is 2. The first-order valence-corrected chi connectivity index (χ1v) is 14.5. The van der Waals surface area contributed by atoms with E-state index >= 15 is 0 Å². The largest absolute Gasteiger partial charge is 0.417 e. The Kier molecular flexibility index (Phi) is 6.36. The molecule has 2 N–H and O–H groups in total.